The topological polar surface area (TPSA) is 109 Å². The summed E-state index contributed by atoms with van der Waals surface area (Å²) in [5.74, 6) is -1.74. The lowest BCUT2D eigenvalue weighted by Crippen LogP contribution is -2.49. The van der Waals surface area contributed by atoms with E-state index in [0.717, 1.165) is 4.90 Å². The summed E-state index contributed by atoms with van der Waals surface area (Å²) in [6, 6.07) is 8.60. The number of carbonyl (C=O) groups excluding carboxylic acids is 4. The van der Waals surface area contributed by atoms with Crippen LogP contribution in [0.3, 0.4) is 0 Å². The van der Waals surface area contributed by atoms with Crippen LogP contribution in [0.5, 0.6) is 0 Å². The van der Waals surface area contributed by atoms with Gasteiger partial charge in [0, 0.05) is 13.1 Å². The third-order valence-electron chi connectivity index (χ3n) is 4.10. The summed E-state index contributed by atoms with van der Waals surface area (Å²) < 4.78 is 5.56. The molecule has 0 fully saturated rings. The molecule has 3 rings (SSSR count). The maximum atomic E-state index is 12.4. The Labute approximate surface area is 163 Å². The molecule has 0 saturated carbocycles. The molecule has 4 amide bonds. The van der Waals surface area contributed by atoms with E-state index >= 15 is 0 Å². The monoisotopic (exact) mass is 433 g/mol. The summed E-state index contributed by atoms with van der Waals surface area (Å²) in [6.45, 7) is 1.79. The van der Waals surface area contributed by atoms with E-state index in [1.54, 1.807) is 30.3 Å². The number of amides is 4. The molecule has 9 heteroatoms. The average molecular weight is 434 g/mol. The molecule has 1 aliphatic heterocycles. The Morgan fingerprint density at radius 1 is 1.04 bits per heavy atom. The lowest BCUT2D eigenvalue weighted by Gasteiger charge is -2.21. The third kappa shape index (κ3) is 3.77. The van der Waals surface area contributed by atoms with Crippen LogP contribution >= 0.6 is 15.9 Å². The highest BCUT2D eigenvalue weighted by Gasteiger charge is 2.40. The molecule has 27 heavy (non-hydrogen) atoms. The molecule has 1 unspecified atom stereocenters. The lowest BCUT2D eigenvalue weighted by molar-refractivity contribution is -0.124. The fourth-order valence-corrected chi connectivity index (χ4v) is 3.02. The molecule has 0 saturated heterocycles. The SMILES string of the molecule is CC(C(=O)NCCNC(=O)c1ccc(Br)o1)N1C(=O)c2ccccc2C1=O. The van der Waals surface area contributed by atoms with Crippen molar-refractivity contribution in [1.29, 1.82) is 0 Å². The van der Waals surface area contributed by atoms with E-state index in [4.69, 9.17) is 4.42 Å². The minimum Gasteiger partial charge on any atom is -0.444 e. The highest BCUT2D eigenvalue weighted by atomic mass is 79.9. The summed E-state index contributed by atoms with van der Waals surface area (Å²) in [7, 11) is 0. The second-order valence-electron chi connectivity index (χ2n) is 5.85. The summed E-state index contributed by atoms with van der Waals surface area (Å²) in [4.78, 5) is 49.8. The van der Waals surface area contributed by atoms with Gasteiger partial charge in [0.25, 0.3) is 17.7 Å². The second-order valence-corrected chi connectivity index (χ2v) is 6.63. The number of halogens is 1. The molecule has 2 aromatic rings. The molecule has 1 atom stereocenters. The van der Waals surface area contributed by atoms with E-state index in [2.05, 4.69) is 26.6 Å². The number of nitrogens with one attached hydrogen (secondary N) is 2. The van der Waals surface area contributed by atoms with Crippen molar-refractivity contribution in [2.24, 2.45) is 0 Å². The Balaban J connectivity index is 1.51. The predicted molar refractivity (Wildman–Crippen MR) is 98.2 cm³/mol. The first-order chi connectivity index (χ1) is 12.9. The van der Waals surface area contributed by atoms with E-state index < -0.39 is 29.7 Å². The van der Waals surface area contributed by atoms with Crippen LogP contribution in [0, 0.1) is 0 Å². The van der Waals surface area contributed by atoms with Gasteiger partial charge < -0.3 is 15.1 Å². The Hall–Kier alpha value is -2.94. The predicted octanol–water partition coefficient (Wildman–Crippen LogP) is 1.57. The van der Waals surface area contributed by atoms with Gasteiger partial charge in [0.05, 0.1) is 11.1 Å². The number of imide groups is 1. The van der Waals surface area contributed by atoms with Crippen molar-refractivity contribution in [1.82, 2.24) is 15.5 Å². The third-order valence-corrected chi connectivity index (χ3v) is 4.53. The molecule has 0 radical (unpaired) electrons. The summed E-state index contributed by atoms with van der Waals surface area (Å²) in [6.07, 6.45) is 0. The highest BCUT2D eigenvalue weighted by Crippen LogP contribution is 2.24. The van der Waals surface area contributed by atoms with Gasteiger partial charge in [0.2, 0.25) is 5.91 Å². The molecule has 140 valence electrons. The Bertz CT molecular complexity index is 888. The van der Waals surface area contributed by atoms with Gasteiger partial charge >= 0.3 is 0 Å². The molecule has 2 N–H and O–H groups in total. The van der Waals surface area contributed by atoms with Crippen LogP contribution in [0.25, 0.3) is 0 Å². The Morgan fingerprint density at radius 2 is 1.63 bits per heavy atom. The van der Waals surface area contributed by atoms with Gasteiger partial charge in [-0.15, -0.1) is 0 Å². The van der Waals surface area contributed by atoms with Crippen LogP contribution in [0.2, 0.25) is 0 Å². The molecule has 1 aromatic carbocycles. The first kappa shape index (κ1) is 18.8. The maximum Gasteiger partial charge on any atom is 0.287 e. The number of hydrogen-bond acceptors (Lipinski definition) is 5. The summed E-state index contributed by atoms with van der Waals surface area (Å²) in [5.41, 5.74) is 0.582. The smallest absolute Gasteiger partial charge is 0.287 e. The van der Waals surface area contributed by atoms with Crippen LogP contribution in [-0.4, -0.2) is 47.7 Å². The van der Waals surface area contributed by atoms with Crippen molar-refractivity contribution in [3.05, 3.63) is 58.0 Å². The molecule has 2 heterocycles. The molecule has 0 bridgehead atoms. The number of carbonyl (C=O) groups is 4. The molecular formula is C18H16BrN3O5. The number of hydrogen-bond donors (Lipinski definition) is 2. The van der Waals surface area contributed by atoms with Gasteiger partial charge in [-0.05, 0) is 47.1 Å². The fourth-order valence-electron chi connectivity index (χ4n) is 2.71. The van der Waals surface area contributed by atoms with Crippen LogP contribution in [0.15, 0.2) is 45.5 Å². The van der Waals surface area contributed by atoms with Gasteiger partial charge in [-0.25, -0.2) is 0 Å². The van der Waals surface area contributed by atoms with Crippen molar-refractivity contribution in [3.63, 3.8) is 0 Å². The largest absolute Gasteiger partial charge is 0.444 e. The minimum absolute atomic E-state index is 0.139. The fraction of sp³-hybridized carbons (Fsp3) is 0.222. The molecule has 1 aliphatic rings. The van der Waals surface area contributed by atoms with E-state index in [9.17, 15) is 19.2 Å². The first-order valence-corrected chi connectivity index (χ1v) is 8.97. The second kappa shape index (κ2) is 7.75. The molecule has 8 nitrogen and oxygen atoms in total. The van der Waals surface area contributed by atoms with Gasteiger partial charge in [-0.1, -0.05) is 12.1 Å². The standard InChI is InChI=1S/C18H16BrN3O5/c1-10(22-17(25)11-4-2-3-5-12(11)18(22)26)15(23)20-8-9-21-16(24)13-6-7-14(19)27-13/h2-7,10H,8-9H2,1H3,(H,20,23)(H,21,24). The summed E-state index contributed by atoms with van der Waals surface area (Å²) >= 11 is 3.11. The first-order valence-electron chi connectivity index (χ1n) is 8.18. The minimum atomic E-state index is -0.964. The van der Waals surface area contributed by atoms with Gasteiger partial charge in [0.15, 0.2) is 10.4 Å². The average Bonchev–Trinajstić information content (AvgIpc) is 3.20. The van der Waals surface area contributed by atoms with Crippen molar-refractivity contribution >= 4 is 39.6 Å². The van der Waals surface area contributed by atoms with Gasteiger partial charge in [0.1, 0.15) is 6.04 Å². The van der Waals surface area contributed by atoms with E-state index in [1.807, 2.05) is 0 Å². The zero-order valence-electron chi connectivity index (χ0n) is 14.3. The number of rotatable bonds is 6. The van der Waals surface area contributed by atoms with E-state index in [0.29, 0.717) is 15.8 Å². The summed E-state index contributed by atoms with van der Waals surface area (Å²) in [5, 5.41) is 5.19. The van der Waals surface area contributed by atoms with Crippen LogP contribution in [0.1, 0.15) is 38.2 Å². The quantitative estimate of drug-likeness (QED) is 0.530. The van der Waals surface area contributed by atoms with E-state index in [1.165, 1.54) is 13.0 Å². The van der Waals surface area contributed by atoms with Gasteiger partial charge in [-0.3, -0.25) is 24.1 Å². The van der Waals surface area contributed by atoms with Crippen molar-refractivity contribution < 1.29 is 23.6 Å². The number of benzene rings is 1. The van der Waals surface area contributed by atoms with Crippen molar-refractivity contribution in [2.45, 2.75) is 13.0 Å². The highest BCUT2D eigenvalue weighted by molar-refractivity contribution is 9.10. The zero-order valence-corrected chi connectivity index (χ0v) is 15.9. The van der Waals surface area contributed by atoms with E-state index in [-0.39, 0.29) is 18.8 Å². The Morgan fingerprint density at radius 3 is 2.19 bits per heavy atom. The maximum absolute atomic E-state index is 12.4. The van der Waals surface area contributed by atoms with Crippen LogP contribution < -0.4 is 10.6 Å². The number of furan rings is 1. The zero-order chi connectivity index (χ0) is 19.6. The van der Waals surface area contributed by atoms with Crippen molar-refractivity contribution in [2.75, 3.05) is 13.1 Å². The van der Waals surface area contributed by atoms with Crippen molar-refractivity contribution in [3.8, 4) is 0 Å². The number of fused-ring (bicyclic) bond motifs is 1. The van der Waals surface area contributed by atoms with Gasteiger partial charge in [-0.2, -0.15) is 0 Å². The molecule has 0 aliphatic carbocycles. The van der Waals surface area contributed by atoms with Crippen LogP contribution in [0.4, 0.5) is 0 Å². The normalized spacial score (nSPS) is 14.1. The van der Waals surface area contributed by atoms with Crippen LogP contribution in [-0.2, 0) is 4.79 Å². The molecule has 1 aromatic heterocycles. The molecule has 0 spiro atoms. The molecular weight excluding hydrogens is 418 g/mol. The lowest BCUT2D eigenvalue weighted by atomic mass is 10.1. The number of nitrogens with zero attached hydrogens (tertiary/aromatic N) is 1. The Kier molecular flexibility index (Phi) is 5.41.